The highest BCUT2D eigenvalue weighted by Crippen LogP contribution is 2.19. The molecule has 0 aromatic rings. The number of carbonyl (C=O) groups is 1. The van der Waals surface area contributed by atoms with Crippen LogP contribution in [0.15, 0.2) is 0 Å². The topological polar surface area (TPSA) is 52.3 Å². The van der Waals surface area contributed by atoms with Crippen LogP contribution >= 0.6 is 12.4 Å². The predicted octanol–water partition coefficient (Wildman–Crippen LogP) is 0.317. The Kier molecular flexibility index (Phi) is 3.12. The number of carbonyl (C=O) groups excluding carboxylic acids is 1. The van der Waals surface area contributed by atoms with Crippen LogP contribution in [0.2, 0.25) is 0 Å². The molecule has 0 bridgehead atoms. The van der Waals surface area contributed by atoms with E-state index < -0.39 is 6.04 Å². The first-order valence-corrected chi connectivity index (χ1v) is 3.09. The second kappa shape index (κ2) is 3.21. The smallest absolute Gasteiger partial charge is 0.323 e. The van der Waals surface area contributed by atoms with Gasteiger partial charge in [0, 0.05) is 5.92 Å². The van der Waals surface area contributed by atoms with Crippen LogP contribution in [-0.2, 0) is 9.53 Å². The second-order valence-electron chi connectivity index (χ2n) is 2.53. The van der Waals surface area contributed by atoms with Gasteiger partial charge in [-0.1, -0.05) is 6.92 Å². The van der Waals surface area contributed by atoms with Gasteiger partial charge in [-0.05, 0) is 6.92 Å². The zero-order chi connectivity index (χ0) is 7.02. The van der Waals surface area contributed by atoms with E-state index in [9.17, 15) is 4.79 Å². The zero-order valence-corrected chi connectivity index (χ0v) is 6.85. The summed E-state index contributed by atoms with van der Waals surface area (Å²) in [6.07, 6.45) is -0.00694. The number of hydrogen-bond donors (Lipinski definition) is 1. The molecule has 0 spiro atoms. The summed E-state index contributed by atoms with van der Waals surface area (Å²) in [5.41, 5.74) is 5.44. The Morgan fingerprint density at radius 2 is 2.00 bits per heavy atom. The fourth-order valence-corrected chi connectivity index (χ4v) is 0.876. The molecule has 3 atom stereocenters. The first-order chi connectivity index (χ1) is 4.13. The van der Waals surface area contributed by atoms with Crippen molar-refractivity contribution in [2.45, 2.75) is 26.0 Å². The summed E-state index contributed by atoms with van der Waals surface area (Å²) >= 11 is 0. The van der Waals surface area contributed by atoms with Crippen LogP contribution in [0.4, 0.5) is 0 Å². The fourth-order valence-electron chi connectivity index (χ4n) is 0.876. The summed E-state index contributed by atoms with van der Waals surface area (Å²) in [6, 6.07) is -0.403. The standard InChI is InChI=1S/C6H11NO2.ClH/c1-3-4(2)9-6(8)5(3)7;/h3-5H,7H2,1-2H3;1H/t3-,4+,5+;/m0./s1. The lowest BCUT2D eigenvalue weighted by Crippen LogP contribution is -2.31. The maximum absolute atomic E-state index is 10.6. The predicted molar refractivity (Wildman–Crippen MR) is 39.9 cm³/mol. The van der Waals surface area contributed by atoms with Gasteiger partial charge in [0.05, 0.1) is 0 Å². The molecule has 0 unspecified atom stereocenters. The minimum atomic E-state index is -0.403. The van der Waals surface area contributed by atoms with Gasteiger partial charge in [-0.15, -0.1) is 12.4 Å². The highest BCUT2D eigenvalue weighted by molar-refractivity contribution is 5.85. The van der Waals surface area contributed by atoms with E-state index in [4.69, 9.17) is 10.5 Å². The van der Waals surface area contributed by atoms with Crippen LogP contribution in [0.5, 0.6) is 0 Å². The molecule has 0 saturated carbocycles. The van der Waals surface area contributed by atoms with Crippen LogP contribution in [0.25, 0.3) is 0 Å². The van der Waals surface area contributed by atoms with Gasteiger partial charge in [-0.2, -0.15) is 0 Å². The van der Waals surface area contributed by atoms with Crippen LogP contribution in [0.1, 0.15) is 13.8 Å². The molecule has 1 aliphatic heterocycles. The first-order valence-electron chi connectivity index (χ1n) is 3.09. The van der Waals surface area contributed by atoms with E-state index in [2.05, 4.69) is 0 Å². The Labute approximate surface area is 66.3 Å². The molecular weight excluding hydrogens is 154 g/mol. The summed E-state index contributed by atoms with van der Waals surface area (Å²) < 4.78 is 4.82. The maximum atomic E-state index is 10.6. The number of halogens is 1. The van der Waals surface area contributed by atoms with E-state index in [1.807, 2.05) is 13.8 Å². The minimum absolute atomic E-state index is 0. The van der Waals surface area contributed by atoms with E-state index in [0.717, 1.165) is 0 Å². The van der Waals surface area contributed by atoms with Gasteiger partial charge in [0.1, 0.15) is 12.1 Å². The average molecular weight is 166 g/mol. The Bertz CT molecular complexity index is 140. The van der Waals surface area contributed by atoms with E-state index >= 15 is 0 Å². The molecule has 1 rings (SSSR count). The van der Waals surface area contributed by atoms with E-state index in [-0.39, 0.29) is 30.4 Å². The highest BCUT2D eigenvalue weighted by Gasteiger charge is 2.36. The fraction of sp³-hybridized carbons (Fsp3) is 0.833. The van der Waals surface area contributed by atoms with Gasteiger partial charge >= 0.3 is 5.97 Å². The SMILES string of the molecule is C[C@H]1[C@@H](C)OC(=O)[C@@H]1N.Cl. The molecule has 1 fully saturated rings. The third-order valence-corrected chi connectivity index (χ3v) is 1.88. The second-order valence-corrected chi connectivity index (χ2v) is 2.53. The highest BCUT2D eigenvalue weighted by atomic mass is 35.5. The van der Waals surface area contributed by atoms with Gasteiger partial charge in [0.25, 0.3) is 0 Å². The summed E-state index contributed by atoms with van der Waals surface area (Å²) in [5.74, 6) is -0.104. The molecule has 3 nitrogen and oxygen atoms in total. The molecule has 1 saturated heterocycles. The lowest BCUT2D eigenvalue weighted by molar-refractivity contribution is -0.141. The van der Waals surface area contributed by atoms with Gasteiger partial charge in [-0.3, -0.25) is 4.79 Å². The maximum Gasteiger partial charge on any atom is 0.323 e. The summed E-state index contributed by atoms with van der Waals surface area (Å²) in [7, 11) is 0. The number of nitrogens with two attached hydrogens (primary N) is 1. The van der Waals surface area contributed by atoms with Crippen molar-refractivity contribution in [2.75, 3.05) is 0 Å². The normalized spacial score (nSPS) is 38.7. The zero-order valence-electron chi connectivity index (χ0n) is 6.03. The van der Waals surface area contributed by atoms with E-state index in [1.165, 1.54) is 0 Å². The van der Waals surface area contributed by atoms with E-state index in [0.29, 0.717) is 0 Å². The van der Waals surface area contributed by atoms with Gasteiger partial charge < -0.3 is 10.5 Å². The molecule has 0 amide bonds. The Balaban J connectivity index is 0.000000810. The summed E-state index contributed by atoms with van der Waals surface area (Å²) in [6.45, 7) is 3.77. The van der Waals surface area contributed by atoms with Crippen molar-refractivity contribution in [3.63, 3.8) is 0 Å². The summed E-state index contributed by atoms with van der Waals surface area (Å²) in [5, 5.41) is 0. The molecule has 0 aromatic carbocycles. The Morgan fingerprint density at radius 1 is 1.50 bits per heavy atom. The Morgan fingerprint density at radius 3 is 2.10 bits per heavy atom. The van der Waals surface area contributed by atoms with Crippen molar-refractivity contribution >= 4 is 18.4 Å². The number of hydrogen-bond acceptors (Lipinski definition) is 3. The molecule has 60 valence electrons. The molecular formula is C6H12ClNO2. The first kappa shape index (κ1) is 9.72. The average Bonchev–Trinajstić information content (AvgIpc) is 1.98. The van der Waals surface area contributed by atoms with E-state index in [1.54, 1.807) is 0 Å². The number of cyclic esters (lactones) is 1. The van der Waals surface area contributed by atoms with Crippen molar-refractivity contribution in [1.82, 2.24) is 0 Å². The van der Waals surface area contributed by atoms with Crippen molar-refractivity contribution in [1.29, 1.82) is 0 Å². The monoisotopic (exact) mass is 165 g/mol. The van der Waals surface area contributed by atoms with Crippen molar-refractivity contribution in [3.05, 3.63) is 0 Å². The molecule has 10 heavy (non-hydrogen) atoms. The van der Waals surface area contributed by atoms with Crippen molar-refractivity contribution < 1.29 is 9.53 Å². The van der Waals surface area contributed by atoms with Crippen molar-refractivity contribution in [3.8, 4) is 0 Å². The summed E-state index contributed by atoms with van der Waals surface area (Å²) in [4.78, 5) is 10.6. The lowest BCUT2D eigenvalue weighted by Gasteiger charge is -2.06. The van der Waals surface area contributed by atoms with Gasteiger partial charge in [-0.25, -0.2) is 0 Å². The molecule has 4 heteroatoms. The molecule has 2 N–H and O–H groups in total. The Hall–Kier alpha value is -0.280. The number of ether oxygens (including phenoxy) is 1. The van der Waals surface area contributed by atoms with Gasteiger partial charge in [0.15, 0.2) is 0 Å². The third kappa shape index (κ3) is 1.41. The van der Waals surface area contributed by atoms with Crippen LogP contribution in [0.3, 0.4) is 0 Å². The molecule has 0 aliphatic carbocycles. The lowest BCUT2D eigenvalue weighted by atomic mass is 10.0. The van der Waals surface area contributed by atoms with Crippen LogP contribution in [0, 0.1) is 5.92 Å². The molecule has 1 aliphatic rings. The molecule has 0 aromatic heterocycles. The largest absolute Gasteiger partial charge is 0.461 e. The van der Waals surface area contributed by atoms with Crippen molar-refractivity contribution in [2.24, 2.45) is 11.7 Å². The van der Waals surface area contributed by atoms with Crippen LogP contribution in [-0.4, -0.2) is 18.1 Å². The quantitative estimate of drug-likeness (QED) is 0.526. The molecule has 0 radical (unpaired) electrons. The molecule has 1 heterocycles. The van der Waals surface area contributed by atoms with Gasteiger partial charge in [0.2, 0.25) is 0 Å². The number of esters is 1. The number of rotatable bonds is 0. The van der Waals surface area contributed by atoms with Crippen LogP contribution < -0.4 is 5.73 Å². The third-order valence-electron chi connectivity index (χ3n) is 1.88. The minimum Gasteiger partial charge on any atom is -0.461 e.